The van der Waals surface area contributed by atoms with E-state index in [1.807, 2.05) is 56.3 Å². The second-order valence-corrected chi connectivity index (χ2v) is 7.04. The van der Waals surface area contributed by atoms with Crippen molar-refractivity contribution in [3.63, 3.8) is 0 Å². The molecule has 1 atom stereocenters. The first kappa shape index (κ1) is 19.6. The highest BCUT2D eigenvalue weighted by Crippen LogP contribution is 2.31. The van der Waals surface area contributed by atoms with Gasteiger partial charge in [0.15, 0.2) is 11.7 Å². The lowest BCUT2D eigenvalue weighted by Gasteiger charge is -2.14. The fourth-order valence-electron chi connectivity index (χ4n) is 3.09. The Kier molecular flexibility index (Phi) is 5.78. The Balaban J connectivity index is 1.80. The van der Waals surface area contributed by atoms with Gasteiger partial charge in [0.1, 0.15) is 5.82 Å². The van der Waals surface area contributed by atoms with Crippen molar-refractivity contribution in [3.05, 3.63) is 76.9 Å². The quantitative estimate of drug-likeness (QED) is 0.504. The average Bonchev–Trinajstić information content (AvgIpc) is 3.06. The average molecular weight is 380 g/mol. The Labute approximate surface area is 164 Å². The zero-order valence-corrected chi connectivity index (χ0v) is 16.6. The Hall–Kier alpha value is -3.15. The summed E-state index contributed by atoms with van der Waals surface area (Å²) in [4.78, 5) is 1.67. The van der Waals surface area contributed by atoms with E-state index >= 15 is 0 Å². The third-order valence-corrected chi connectivity index (χ3v) is 4.91. The molecular formula is C22H25FN4O. The molecule has 0 bridgehead atoms. The third kappa shape index (κ3) is 4.06. The predicted molar refractivity (Wildman–Crippen MR) is 109 cm³/mol. The molecule has 28 heavy (non-hydrogen) atoms. The number of halogens is 1. The molecule has 6 heteroatoms. The van der Waals surface area contributed by atoms with E-state index in [1.165, 1.54) is 0 Å². The summed E-state index contributed by atoms with van der Waals surface area (Å²) in [5.74, 6) is 0.613. The molecular weight excluding hydrogens is 355 g/mol. The standard InChI is InChI=1S/C22H25FN4O/c1-14(21-15(2)20(28-26-21)13-25-22(24)27(3)4)17-10-11-18(19(23)12-17)16-8-6-5-7-9-16/h5-12,14H,13H2,1-4H3,(H2,24,25). The van der Waals surface area contributed by atoms with Crippen molar-refractivity contribution in [2.75, 3.05) is 14.1 Å². The summed E-state index contributed by atoms with van der Waals surface area (Å²) >= 11 is 0. The largest absolute Gasteiger partial charge is 0.359 e. The van der Waals surface area contributed by atoms with Crippen molar-refractivity contribution >= 4 is 5.96 Å². The molecule has 3 rings (SSSR count). The number of benzene rings is 2. The molecule has 1 aromatic heterocycles. The van der Waals surface area contributed by atoms with Gasteiger partial charge in [0.05, 0.1) is 12.2 Å². The monoisotopic (exact) mass is 380 g/mol. The Bertz CT molecular complexity index is 966. The van der Waals surface area contributed by atoms with Gasteiger partial charge in [0.2, 0.25) is 0 Å². The van der Waals surface area contributed by atoms with Gasteiger partial charge < -0.3 is 14.7 Å². The van der Waals surface area contributed by atoms with Crippen molar-refractivity contribution in [2.24, 2.45) is 0 Å². The van der Waals surface area contributed by atoms with Crippen molar-refractivity contribution in [2.45, 2.75) is 26.3 Å². The van der Waals surface area contributed by atoms with Crippen LogP contribution in [-0.2, 0) is 6.54 Å². The fourth-order valence-corrected chi connectivity index (χ4v) is 3.09. The number of hydrogen-bond acceptors (Lipinski definition) is 3. The minimum Gasteiger partial charge on any atom is -0.359 e. The van der Waals surface area contributed by atoms with Gasteiger partial charge in [-0.2, -0.15) is 0 Å². The molecule has 0 spiro atoms. The van der Waals surface area contributed by atoms with Gasteiger partial charge in [-0.25, -0.2) is 4.39 Å². The minimum atomic E-state index is -0.252. The van der Waals surface area contributed by atoms with Crippen LogP contribution in [0.2, 0.25) is 0 Å². The molecule has 0 saturated carbocycles. The highest BCUT2D eigenvalue weighted by Gasteiger charge is 2.20. The molecule has 2 N–H and O–H groups in total. The van der Waals surface area contributed by atoms with Gasteiger partial charge in [-0.15, -0.1) is 0 Å². The van der Waals surface area contributed by atoms with Crippen LogP contribution in [0.1, 0.15) is 35.4 Å². The number of rotatable bonds is 5. The summed E-state index contributed by atoms with van der Waals surface area (Å²) < 4.78 is 20.2. The SMILES string of the molecule is Cc1c(C(C)c2ccc(-c3ccccc3)c(F)c2)noc1CNC(=N)N(C)C. The van der Waals surface area contributed by atoms with Crippen molar-refractivity contribution < 1.29 is 8.91 Å². The molecule has 146 valence electrons. The molecule has 0 aliphatic carbocycles. The molecule has 5 nitrogen and oxygen atoms in total. The topological polar surface area (TPSA) is 65.2 Å². The van der Waals surface area contributed by atoms with Gasteiger partial charge in [-0.05, 0) is 24.1 Å². The maximum Gasteiger partial charge on any atom is 0.190 e. The van der Waals surface area contributed by atoms with E-state index in [0.29, 0.717) is 23.8 Å². The third-order valence-electron chi connectivity index (χ3n) is 4.91. The van der Waals surface area contributed by atoms with Gasteiger partial charge in [0, 0.05) is 31.1 Å². The van der Waals surface area contributed by atoms with Gasteiger partial charge in [-0.1, -0.05) is 54.5 Å². The van der Waals surface area contributed by atoms with Crippen LogP contribution in [0, 0.1) is 18.2 Å². The van der Waals surface area contributed by atoms with Crippen LogP contribution in [0.25, 0.3) is 11.1 Å². The van der Waals surface area contributed by atoms with Crippen LogP contribution >= 0.6 is 0 Å². The lowest BCUT2D eigenvalue weighted by molar-refractivity contribution is 0.370. The molecule has 0 radical (unpaired) electrons. The van der Waals surface area contributed by atoms with Crippen LogP contribution in [0.15, 0.2) is 53.1 Å². The number of hydrogen-bond donors (Lipinski definition) is 2. The Morgan fingerprint density at radius 3 is 2.57 bits per heavy atom. The second kappa shape index (κ2) is 8.25. The van der Waals surface area contributed by atoms with E-state index in [9.17, 15) is 4.39 Å². The van der Waals surface area contributed by atoms with Crippen LogP contribution in [0.5, 0.6) is 0 Å². The van der Waals surface area contributed by atoms with Crippen LogP contribution in [0.4, 0.5) is 4.39 Å². The van der Waals surface area contributed by atoms with Gasteiger partial charge >= 0.3 is 0 Å². The van der Waals surface area contributed by atoms with E-state index in [1.54, 1.807) is 25.1 Å². The maximum absolute atomic E-state index is 14.7. The molecule has 0 saturated heterocycles. The summed E-state index contributed by atoms with van der Waals surface area (Å²) in [7, 11) is 3.59. The fraction of sp³-hybridized carbons (Fsp3) is 0.273. The summed E-state index contributed by atoms with van der Waals surface area (Å²) in [6, 6.07) is 14.8. The molecule has 0 aliphatic rings. The highest BCUT2D eigenvalue weighted by molar-refractivity contribution is 5.75. The lowest BCUT2D eigenvalue weighted by atomic mass is 9.92. The number of nitrogens with zero attached hydrogens (tertiary/aromatic N) is 2. The number of nitrogens with one attached hydrogen (secondary N) is 2. The molecule has 1 unspecified atom stereocenters. The summed E-state index contributed by atoms with van der Waals surface area (Å²) in [6.45, 7) is 4.30. The molecule has 0 aliphatic heterocycles. The van der Waals surface area contributed by atoms with Crippen LogP contribution in [-0.4, -0.2) is 30.1 Å². The first-order valence-corrected chi connectivity index (χ1v) is 9.18. The molecule has 2 aromatic carbocycles. The van der Waals surface area contributed by atoms with E-state index in [4.69, 9.17) is 9.93 Å². The van der Waals surface area contributed by atoms with Gasteiger partial charge in [0.25, 0.3) is 0 Å². The first-order valence-electron chi connectivity index (χ1n) is 9.18. The molecule has 0 fully saturated rings. The lowest BCUT2D eigenvalue weighted by Crippen LogP contribution is -2.34. The minimum absolute atomic E-state index is 0.106. The first-order chi connectivity index (χ1) is 13.4. The Morgan fingerprint density at radius 1 is 1.21 bits per heavy atom. The highest BCUT2D eigenvalue weighted by atomic mass is 19.1. The van der Waals surface area contributed by atoms with Gasteiger partial charge in [-0.3, -0.25) is 5.41 Å². The summed E-state index contributed by atoms with van der Waals surface area (Å²) in [5.41, 5.74) is 3.97. The summed E-state index contributed by atoms with van der Waals surface area (Å²) in [6.07, 6.45) is 0. The Morgan fingerprint density at radius 2 is 1.93 bits per heavy atom. The molecule has 3 aromatic rings. The number of guanidine groups is 1. The summed E-state index contributed by atoms with van der Waals surface area (Å²) in [5, 5.41) is 15.0. The zero-order valence-electron chi connectivity index (χ0n) is 16.6. The van der Waals surface area contributed by atoms with Crippen molar-refractivity contribution in [3.8, 4) is 11.1 Å². The number of aromatic nitrogens is 1. The van der Waals surface area contributed by atoms with E-state index in [-0.39, 0.29) is 11.7 Å². The van der Waals surface area contributed by atoms with Crippen LogP contribution < -0.4 is 5.32 Å². The zero-order chi connectivity index (χ0) is 20.3. The normalized spacial score (nSPS) is 11.9. The molecule has 0 amide bonds. The molecule has 1 heterocycles. The van der Waals surface area contributed by atoms with E-state index < -0.39 is 0 Å². The maximum atomic E-state index is 14.7. The smallest absolute Gasteiger partial charge is 0.190 e. The predicted octanol–water partition coefficient (Wildman–Crippen LogP) is 4.53. The van der Waals surface area contributed by atoms with E-state index in [2.05, 4.69) is 10.5 Å². The van der Waals surface area contributed by atoms with Crippen molar-refractivity contribution in [1.82, 2.24) is 15.4 Å². The second-order valence-electron chi connectivity index (χ2n) is 7.04. The van der Waals surface area contributed by atoms with Crippen molar-refractivity contribution in [1.29, 1.82) is 5.41 Å². The van der Waals surface area contributed by atoms with E-state index in [0.717, 1.165) is 22.4 Å². The van der Waals surface area contributed by atoms with Crippen LogP contribution in [0.3, 0.4) is 0 Å².